The molecular formula is C17H19F2N3O. The van der Waals surface area contributed by atoms with Gasteiger partial charge in [0.15, 0.2) is 11.6 Å². The van der Waals surface area contributed by atoms with Gasteiger partial charge in [0.25, 0.3) is 0 Å². The molecule has 1 fully saturated rings. The zero-order valence-electron chi connectivity index (χ0n) is 12.9. The molecule has 23 heavy (non-hydrogen) atoms. The van der Waals surface area contributed by atoms with Crippen molar-refractivity contribution in [3.05, 3.63) is 52.9 Å². The highest BCUT2D eigenvalue weighted by Crippen LogP contribution is 2.48. The first-order valence-corrected chi connectivity index (χ1v) is 7.78. The smallest absolute Gasteiger partial charge is 0.223 e. The maximum absolute atomic E-state index is 13.7. The molecule has 122 valence electrons. The molecule has 0 aliphatic heterocycles. The molecule has 0 spiro atoms. The van der Waals surface area contributed by atoms with Crippen molar-refractivity contribution in [2.24, 2.45) is 5.92 Å². The molecule has 1 aromatic heterocycles. The Bertz CT molecular complexity index is 714. The minimum absolute atomic E-state index is 0.0809. The molecule has 2 N–H and O–H groups in total. The molecule has 2 aromatic rings. The van der Waals surface area contributed by atoms with E-state index in [0.29, 0.717) is 18.5 Å². The normalized spacial score (nSPS) is 19.6. The van der Waals surface area contributed by atoms with Crippen molar-refractivity contribution in [2.75, 3.05) is 6.54 Å². The molecule has 1 saturated carbocycles. The first-order chi connectivity index (χ1) is 11.1. The van der Waals surface area contributed by atoms with Gasteiger partial charge in [-0.2, -0.15) is 5.10 Å². The Kier molecular flexibility index (Phi) is 4.41. The summed E-state index contributed by atoms with van der Waals surface area (Å²) in [4.78, 5) is 12.1. The monoisotopic (exact) mass is 319 g/mol. The number of hydrogen-bond acceptors (Lipinski definition) is 2. The molecule has 2 atom stereocenters. The van der Waals surface area contributed by atoms with Crippen molar-refractivity contribution < 1.29 is 13.6 Å². The van der Waals surface area contributed by atoms with Gasteiger partial charge >= 0.3 is 0 Å². The van der Waals surface area contributed by atoms with Crippen LogP contribution in [0.5, 0.6) is 0 Å². The van der Waals surface area contributed by atoms with Gasteiger partial charge in [-0.1, -0.05) is 12.1 Å². The minimum atomic E-state index is -0.857. The number of aromatic amines is 1. The standard InChI is InChI=1S/C17H19F2N3O/c1-10-11(9-21-22-10)4-3-7-20-17(23)14-8-13(14)12-5-2-6-15(18)16(12)19/h2,5-6,9,13-14H,3-4,7-8H2,1H3,(H,20,23)(H,21,22). The van der Waals surface area contributed by atoms with Crippen molar-refractivity contribution in [3.8, 4) is 0 Å². The van der Waals surface area contributed by atoms with E-state index in [4.69, 9.17) is 0 Å². The molecule has 2 unspecified atom stereocenters. The number of carbonyl (C=O) groups excluding carboxylic acids is 1. The van der Waals surface area contributed by atoms with Crippen LogP contribution in [0.2, 0.25) is 0 Å². The Balaban J connectivity index is 1.45. The van der Waals surface area contributed by atoms with Crippen molar-refractivity contribution in [1.29, 1.82) is 0 Å². The van der Waals surface area contributed by atoms with E-state index in [1.807, 2.05) is 6.92 Å². The average Bonchev–Trinajstić information content (AvgIpc) is 3.22. The van der Waals surface area contributed by atoms with Gasteiger partial charge in [-0.25, -0.2) is 8.78 Å². The van der Waals surface area contributed by atoms with Gasteiger partial charge in [0.1, 0.15) is 0 Å². The first-order valence-electron chi connectivity index (χ1n) is 7.78. The number of nitrogens with one attached hydrogen (secondary N) is 2. The van der Waals surface area contributed by atoms with Crippen molar-refractivity contribution in [1.82, 2.24) is 15.5 Å². The van der Waals surface area contributed by atoms with Crippen molar-refractivity contribution in [3.63, 3.8) is 0 Å². The second-order valence-corrected chi connectivity index (χ2v) is 6.01. The summed E-state index contributed by atoms with van der Waals surface area (Å²) in [5, 5.41) is 9.71. The van der Waals surface area contributed by atoms with E-state index in [1.165, 1.54) is 6.07 Å². The number of rotatable bonds is 6. The number of carbonyl (C=O) groups is 1. The third-order valence-corrected chi connectivity index (χ3v) is 4.36. The highest BCUT2D eigenvalue weighted by Gasteiger charge is 2.45. The molecule has 1 amide bonds. The van der Waals surface area contributed by atoms with Crippen LogP contribution < -0.4 is 5.32 Å². The highest BCUT2D eigenvalue weighted by atomic mass is 19.2. The molecule has 1 aromatic carbocycles. The Morgan fingerprint density at radius 3 is 3.00 bits per heavy atom. The predicted octanol–water partition coefficient (Wildman–Crippen LogP) is 2.85. The number of hydrogen-bond donors (Lipinski definition) is 2. The molecule has 1 aliphatic rings. The van der Waals surface area contributed by atoms with Gasteiger partial charge in [0.2, 0.25) is 5.91 Å². The summed E-state index contributed by atoms with van der Waals surface area (Å²) in [7, 11) is 0. The molecule has 0 bridgehead atoms. The van der Waals surface area contributed by atoms with Crippen LogP contribution in [-0.4, -0.2) is 22.6 Å². The molecule has 4 nitrogen and oxygen atoms in total. The van der Waals surface area contributed by atoms with E-state index in [1.54, 1.807) is 12.3 Å². The van der Waals surface area contributed by atoms with Gasteiger partial charge < -0.3 is 5.32 Å². The van der Waals surface area contributed by atoms with Gasteiger partial charge in [0.05, 0.1) is 6.20 Å². The summed E-state index contributed by atoms with van der Waals surface area (Å²) in [6, 6.07) is 4.13. The Labute approximate surface area is 133 Å². The maximum atomic E-state index is 13.7. The molecule has 6 heteroatoms. The molecule has 0 radical (unpaired) electrons. The lowest BCUT2D eigenvalue weighted by molar-refractivity contribution is -0.122. The fourth-order valence-corrected chi connectivity index (χ4v) is 2.88. The largest absolute Gasteiger partial charge is 0.356 e. The number of aryl methyl sites for hydroxylation is 2. The zero-order chi connectivity index (χ0) is 16.4. The van der Waals surface area contributed by atoms with Gasteiger partial charge in [0, 0.05) is 18.2 Å². The fourth-order valence-electron chi connectivity index (χ4n) is 2.88. The van der Waals surface area contributed by atoms with Crippen LogP contribution in [-0.2, 0) is 11.2 Å². The van der Waals surface area contributed by atoms with Gasteiger partial charge in [-0.3, -0.25) is 9.89 Å². The Morgan fingerprint density at radius 1 is 1.43 bits per heavy atom. The SMILES string of the molecule is Cc1[nH]ncc1CCCNC(=O)C1CC1c1cccc(F)c1F. The lowest BCUT2D eigenvalue weighted by Crippen LogP contribution is -2.26. The van der Waals surface area contributed by atoms with E-state index < -0.39 is 11.6 Å². The van der Waals surface area contributed by atoms with Crippen LogP contribution in [0.3, 0.4) is 0 Å². The van der Waals surface area contributed by atoms with Crippen LogP contribution in [0.25, 0.3) is 0 Å². The first kappa shape index (κ1) is 15.6. The highest BCUT2D eigenvalue weighted by molar-refractivity contribution is 5.82. The number of nitrogens with zero attached hydrogens (tertiary/aromatic N) is 1. The van der Waals surface area contributed by atoms with Gasteiger partial charge in [-0.05, 0) is 49.3 Å². The Hall–Kier alpha value is -2.24. The van der Waals surface area contributed by atoms with Crippen LogP contribution in [0, 0.1) is 24.5 Å². The number of H-pyrrole nitrogens is 1. The second kappa shape index (κ2) is 6.48. The summed E-state index contributed by atoms with van der Waals surface area (Å²) in [5.41, 5.74) is 2.49. The lowest BCUT2D eigenvalue weighted by atomic mass is 10.1. The number of halogens is 2. The van der Waals surface area contributed by atoms with E-state index in [0.717, 1.165) is 30.2 Å². The maximum Gasteiger partial charge on any atom is 0.223 e. The zero-order valence-corrected chi connectivity index (χ0v) is 12.9. The van der Waals surface area contributed by atoms with Crippen LogP contribution in [0.4, 0.5) is 8.78 Å². The number of aromatic nitrogens is 2. The number of amides is 1. The average molecular weight is 319 g/mol. The summed E-state index contributed by atoms with van der Waals surface area (Å²) >= 11 is 0. The van der Waals surface area contributed by atoms with E-state index >= 15 is 0 Å². The molecular weight excluding hydrogens is 300 g/mol. The predicted molar refractivity (Wildman–Crippen MR) is 81.9 cm³/mol. The van der Waals surface area contributed by atoms with E-state index in [9.17, 15) is 13.6 Å². The Morgan fingerprint density at radius 2 is 2.26 bits per heavy atom. The third-order valence-electron chi connectivity index (χ3n) is 4.36. The van der Waals surface area contributed by atoms with Crippen LogP contribution in [0.1, 0.15) is 35.6 Å². The van der Waals surface area contributed by atoms with Gasteiger partial charge in [-0.15, -0.1) is 0 Å². The fraction of sp³-hybridized carbons (Fsp3) is 0.412. The molecule has 3 rings (SSSR count). The molecule has 0 saturated heterocycles. The summed E-state index contributed by atoms with van der Waals surface area (Å²) in [6.45, 7) is 2.53. The molecule has 1 heterocycles. The summed E-state index contributed by atoms with van der Waals surface area (Å²) in [5.74, 6) is -2.22. The molecule has 1 aliphatic carbocycles. The minimum Gasteiger partial charge on any atom is -0.356 e. The third kappa shape index (κ3) is 3.41. The van der Waals surface area contributed by atoms with Crippen molar-refractivity contribution in [2.45, 2.75) is 32.1 Å². The second-order valence-electron chi connectivity index (χ2n) is 6.01. The quantitative estimate of drug-likeness (QED) is 0.805. The van der Waals surface area contributed by atoms with Crippen molar-refractivity contribution >= 4 is 5.91 Å². The lowest BCUT2D eigenvalue weighted by Gasteiger charge is -2.06. The summed E-state index contributed by atoms with van der Waals surface area (Å²) < 4.78 is 26.9. The summed E-state index contributed by atoms with van der Waals surface area (Å²) in [6.07, 6.45) is 4.03. The van der Waals surface area contributed by atoms with E-state index in [-0.39, 0.29) is 17.7 Å². The van der Waals surface area contributed by atoms with E-state index in [2.05, 4.69) is 15.5 Å². The van der Waals surface area contributed by atoms with Crippen LogP contribution >= 0.6 is 0 Å². The topological polar surface area (TPSA) is 57.8 Å². The number of benzene rings is 1. The van der Waals surface area contributed by atoms with Crippen LogP contribution in [0.15, 0.2) is 24.4 Å².